The molecule has 2 atom stereocenters. The van der Waals surface area contributed by atoms with Crippen molar-refractivity contribution in [3.05, 3.63) is 35.9 Å². The Balaban J connectivity index is 2.18. The molecule has 4 nitrogen and oxygen atoms in total. The van der Waals surface area contributed by atoms with E-state index >= 15 is 0 Å². The van der Waals surface area contributed by atoms with E-state index in [2.05, 4.69) is 5.32 Å². The van der Waals surface area contributed by atoms with Crippen LogP contribution in [0.15, 0.2) is 30.3 Å². The Bertz CT molecular complexity index is 499. The van der Waals surface area contributed by atoms with E-state index in [9.17, 15) is 9.59 Å². The molecule has 1 aromatic carbocycles. The van der Waals surface area contributed by atoms with Crippen LogP contribution >= 0.6 is 0 Å². The standard InChI is InChI=1S/C17H24N2O2/c1-4-8-15-16(20)18-14(17(21)19(15)12(2)3)11-13-9-6-5-7-10-13/h5-7,9-10,12,14-15H,4,8,11H2,1-3H3,(H,18,20). The number of hydrogen-bond donors (Lipinski definition) is 1. The quantitative estimate of drug-likeness (QED) is 0.902. The van der Waals surface area contributed by atoms with Gasteiger partial charge in [0.1, 0.15) is 12.1 Å². The first kappa shape index (κ1) is 15.5. The molecule has 0 radical (unpaired) electrons. The molecule has 2 rings (SSSR count). The molecule has 1 saturated heterocycles. The van der Waals surface area contributed by atoms with Crippen LogP contribution < -0.4 is 5.32 Å². The lowest BCUT2D eigenvalue weighted by molar-refractivity contribution is -0.151. The summed E-state index contributed by atoms with van der Waals surface area (Å²) in [6.07, 6.45) is 2.15. The zero-order chi connectivity index (χ0) is 15.4. The molecule has 1 aliphatic heterocycles. The van der Waals surface area contributed by atoms with Gasteiger partial charge in [0.25, 0.3) is 0 Å². The number of amides is 2. The van der Waals surface area contributed by atoms with E-state index in [4.69, 9.17) is 0 Å². The summed E-state index contributed by atoms with van der Waals surface area (Å²) in [4.78, 5) is 26.8. The lowest BCUT2D eigenvalue weighted by Crippen LogP contribution is -2.65. The van der Waals surface area contributed by atoms with E-state index in [-0.39, 0.29) is 23.9 Å². The number of nitrogens with zero attached hydrogens (tertiary/aromatic N) is 1. The van der Waals surface area contributed by atoms with E-state index in [1.54, 1.807) is 4.90 Å². The number of carbonyl (C=O) groups excluding carboxylic acids is 2. The summed E-state index contributed by atoms with van der Waals surface area (Å²) in [5, 5.41) is 2.90. The minimum atomic E-state index is -0.449. The summed E-state index contributed by atoms with van der Waals surface area (Å²) in [6, 6.07) is 9.08. The van der Waals surface area contributed by atoms with Crippen LogP contribution in [0.25, 0.3) is 0 Å². The van der Waals surface area contributed by atoms with E-state index in [1.165, 1.54) is 0 Å². The molecule has 1 N–H and O–H groups in total. The smallest absolute Gasteiger partial charge is 0.246 e. The molecule has 0 bridgehead atoms. The maximum atomic E-state index is 12.7. The van der Waals surface area contributed by atoms with Gasteiger partial charge in [-0.05, 0) is 25.8 Å². The third kappa shape index (κ3) is 3.43. The van der Waals surface area contributed by atoms with Gasteiger partial charge in [0.05, 0.1) is 0 Å². The number of nitrogens with one attached hydrogen (secondary N) is 1. The monoisotopic (exact) mass is 288 g/mol. The maximum Gasteiger partial charge on any atom is 0.246 e. The fourth-order valence-corrected chi connectivity index (χ4v) is 2.94. The largest absolute Gasteiger partial charge is 0.342 e. The molecule has 1 aliphatic rings. The highest BCUT2D eigenvalue weighted by Gasteiger charge is 2.40. The van der Waals surface area contributed by atoms with Crippen molar-refractivity contribution in [1.29, 1.82) is 0 Å². The Morgan fingerprint density at radius 1 is 1.19 bits per heavy atom. The summed E-state index contributed by atoms with van der Waals surface area (Å²) < 4.78 is 0. The molecule has 2 unspecified atom stereocenters. The van der Waals surface area contributed by atoms with Gasteiger partial charge in [-0.25, -0.2) is 0 Å². The van der Waals surface area contributed by atoms with Crippen molar-refractivity contribution in [1.82, 2.24) is 10.2 Å². The highest BCUT2D eigenvalue weighted by atomic mass is 16.2. The Labute approximate surface area is 126 Å². The normalized spacial score (nSPS) is 22.6. The third-order valence-corrected chi connectivity index (χ3v) is 3.91. The van der Waals surface area contributed by atoms with Crippen LogP contribution in [-0.4, -0.2) is 34.8 Å². The molecule has 0 saturated carbocycles. The summed E-state index contributed by atoms with van der Waals surface area (Å²) in [6.45, 7) is 5.98. The average Bonchev–Trinajstić information content (AvgIpc) is 2.45. The highest BCUT2D eigenvalue weighted by molar-refractivity contribution is 5.97. The van der Waals surface area contributed by atoms with E-state index in [1.807, 2.05) is 51.1 Å². The minimum Gasteiger partial charge on any atom is -0.342 e. The minimum absolute atomic E-state index is 0.0221. The van der Waals surface area contributed by atoms with E-state index < -0.39 is 6.04 Å². The second kappa shape index (κ2) is 6.74. The topological polar surface area (TPSA) is 49.4 Å². The molecule has 1 aromatic rings. The lowest BCUT2D eigenvalue weighted by atomic mass is 9.97. The van der Waals surface area contributed by atoms with Gasteiger partial charge in [0.15, 0.2) is 0 Å². The Kier molecular flexibility index (Phi) is 4.99. The second-order valence-corrected chi connectivity index (χ2v) is 5.89. The molecule has 1 fully saturated rings. The Morgan fingerprint density at radius 2 is 1.86 bits per heavy atom. The fourth-order valence-electron chi connectivity index (χ4n) is 2.94. The molecule has 0 spiro atoms. The van der Waals surface area contributed by atoms with Gasteiger partial charge in [0, 0.05) is 12.5 Å². The molecule has 4 heteroatoms. The number of piperazine rings is 1. The maximum absolute atomic E-state index is 12.7. The van der Waals surface area contributed by atoms with Gasteiger partial charge >= 0.3 is 0 Å². The Hall–Kier alpha value is -1.84. The van der Waals surface area contributed by atoms with Crippen molar-refractivity contribution >= 4 is 11.8 Å². The lowest BCUT2D eigenvalue weighted by Gasteiger charge is -2.41. The van der Waals surface area contributed by atoms with Crippen LogP contribution in [0.4, 0.5) is 0 Å². The van der Waals surface area contributed by atoms with Gasteiger partial charge in [-0.15, -0.1) is 0 Å². The molecule has 0 aromatic heterocycles. The second-order valence-electron chi connectivity index (χ2n) is 5.89. The van der Waals surface area contributed by atoms with E-state index in [0.29, 0.717) is 12.8 Å². The first-order chi connectivity index (χ1) is 10.0. The third-order valence-electron chi connectivity index (χ3n) is 3.91. The van der Waals surface area contributed by atoms with Crippen molar-refractivity contribution in [2.24, 2.45) is 0 Å². The zero-order valence-electron chi connectivity index (χ0n) is 13.0. The zero-order valence-corrected chi connectivity index (χ0v) is 13.0. The molecular formula is C17H24N2O2. The molecule has 21 heavy (non-hydrogen) atoms. The van der Waals surface area contributed by atoms with Gasteiger partial charge in [-0.1, -0.05) is 43.7 Å². The van der Waals surface area contributed by atoms with Crippen molar-refractivity contribution < 1.29 is 9.59 Å². The average molecular weight is 288 g/mol. The number of rotatable bonds is 5. The van der Waals surface area contributed by atoms with Crippen LogP contribution in [-0.2, 0) is 16.0 Å². The van der Waals surface area contributed by atoms with Crippen molar-refractivity contribution in [3.8, 4) is 0 Å². The SMILES string of the molecule is CCCC1C(=O)NC(Cc2ccccc2)C(=O)N1C(C)C. The highest BCUT2D eigenvalue weighted by Crippen LogP contribution is 2.19. The first-order valence-electron chi connectivity index (χ1n) is 7.71. The van der Waals surface area contributed by atoms with Gasteiger partial charge in [0.2, 0.25) is 11.8 Å². The summed E-state index contributed by atoms with van der Waals surface area (Å²) in [5.74, 6) is 0.0120. The van der Waals surface area contributed by atoms with Crippen LogP contribution in [0.3, 0.4) is 0 Å². The number of hydrogen-bond acceptors (Lipinski definition) is 2. The van der Waals surface area contributed by atoms with Crippen LogP contribution in [0.2, 0.25) is 0 Å². The summed E-state index contributed by atoms with van der Waals surface area (Å²) in [7, 11) is 0. The molecule has 1 heterocycles. The van der Waals surface area contributed by atoms with Crippen molar-refractivity contribution in [2.45, 2.75) is 58.2 Å². The van der Waals surface area contributed by atoms with Gasteiger partial charge < -0.3 is 10.2 Å². The fraction of sp³-hybridized carbons (Fsp3) is 0.529. The summed E-state index contributed by atoms with van der Waals surface area (Å²) >= 11 is 0. The number of benzene rings is 1. The first-order valence-corrected chi connectivity index (χ1v) is 7.71. The van der Waals surface area contributed by atoms with Crippen LogP contribution in [0.5, 0.6) is 0 Å². The molecule has 2 amide bonds. The van der Waals surface area contributed by atoms with Crippen LogP contribution in [0, 0.1) is 0 Å². The molecule has 0 aliphatic carbocycles. The van der Waals surface area contributed by atoms with Gasteiger partial charge in [-0.2, -0.15) is 0 Å². The van der Waals surface area contributed by atoms with Crippen molar-refractivity contribution in [3.63, 3.8) is 0 Å². The van der Waals surface area contributed by atoms with E-state index in [0.717, 1.165) is 12.0 Å². The van der Waals surface area contributed by atoms with Crippen LogP contribution in [0.1, 0.15) is 39.2 Å². The predicted molar refractivity (Wildman–Crippen MR) is 82.8 cm³/mol. The molecular weight excluding hydrogens is 264 g/mol. The summed E-state index contributed by atoms with van der Waals surface area (Å²) in [5.41, 5.74) is 1.06. The van der Waals surface area contributed by atoms with Gasteiger partial charge in [-0.3, -0.25) is 9.59 Å². The number of carbonyl (C=O) groups is 2. The molecule has 114 valence electrons. The Morgan fingerprint density at radius 3 is 2.43 bits per heavy atom. The van der Waals surface area contributed by atoms with Crippen molar-refractivity contribution in [2.75, 3.05) is 0 Å². The predicted octanol–water partition coefficient (Wildman–Crippen LogP) is 2.13.